The van der Waals surface area contributed by atoms with E-state index in [2.05, 4.69) is 18.8 Å². The van der Waals surface area contributed by atoms with Gasteiger partial charge in [-0.05, 0) is 32.1 Å². The largest absolute Gasteiger partial charge is 0.390 e. The van der Waals surface area contributed by atoms with Gasteiger partial charge >= 0.3 is 0 Å². The van der Waals surface area contributed by atoms with Crippen LogP contribution in [0.3, 0.4) is 0 Å². The van der Waals surface area contributed by atoms with Crippen molar-refractivity contribution < 1.29 is 5.11 Å². The molecule has 0 aliphatic heterocycles. The van der Waals surface area contributed by atoms with E-state index in [1.807, 2.05) is 6.92 Å². The van der Waals surface area contributed by atoms with Gasteiger partial charge in [0, 0.05) is 6.42 Å². The van der Waals surface area contributed by atoms with Crippen LogP contribution in [-0.2, 0) is 0 Å². The van der Waals surface area contributed by atoms with Crippen molar-refractivity contribution in [1.82, 2.24) is 0 Å². The highest BCUT2D eigenvalue weighted by Gasteiger charge is 2.32. The van der Waals surface area contributed by atoms with Crippen LogP contribution in [0.4, 0.5) is 0 Å². The lowest BCUT2D eigenvalue weighted by Crippen LogP contribution is -2.34. The molecule has 0 bridgehead atoms. The Morgan fingerprint density at radius 2 is 2.29 bits per heavy atom. The van der Waals surface area contributed by atoms with Crippen LogP contribution in [0.15, 0.2) is 0 Å². The Labute approximate surface area is 87.9 Å². The number of hydrogen-bond donors (Lipinski definition) is 1. The molecule has 0 aromatic heterocycles. The van der Waals surface area contributed by atoms with E-state index < -0.39 is 5.60 Å². The molecule has 1 heteroatoms. The van der Waals surface area contributed by atoms with E-state index >= 15 is 0 Å². The van der Waals surface area contributed by atoms with Crippen LogP contribution in [0, 0.1) is 17.8 Å². The summed E-state index contributed by atoms with van der Waals surface area (Å²) in [6, 6.07) is 0. The second-order valence-corrected chi connectivity index (χ2v) is 4.52. The normalized spacial score (nSPS) is 32.1. The molecule has 0 heterocycles. The fourth-order valence-electron chi connectivity index (χ4n) is 2.46. The topological polar surface area (TPSA) is 20.2 Å². The van der Waals surface area contributed by atoms with Crippen molar-refractivity contribution in [3.63, 3.8) is 0 Å². The first-order valence-electron chi connectivity index (χ1n) is 5.82. The average molecular weight is 194 g/mol. The lowest BCUT2D eigenvalue weighted by molar-refractivity contribution is -0.0224. The second kappa shape index (κ2) is 5.41. The first-order valence-corrected chi connectivity index (χ1v) is 5.82. The Balaban J connectivity index is 2.41. The van der Waals surface area contributed by atoms with Crippen molar-refractivity contribution in [3.8, 4) is 11.8 Å². The van der Waals surface area contributed by atoms with Crippen molar-refractivity contribution in [3.05, 3.63) is 0 Å². The molecule has 1 saturated carbocycles. The van der Waals surface area contributed by atoms with E-state index in [1.165, 1.54) is 19.3 Å². The predicted octanol–water partition coefficient (Wildman–Crippen LogP) is 3.12. The molecule has 80 valence electrons. The van der Waals surface area contributed by atoms with Crippen LogP contribution in [-0.4, -0.2) is 10.7 Å². The van der Waals surface area contributed by atoms with Crippen LogP contribution >= 0.6 is 0 Å². The average Bonchev–Trinajstić information content (AvgIpc) is 2.18. The van der Waals surface area contributed by atoms with Gasteiger partial charge in [-0.3, -0.25) is 0 Å². The number of hydrogen-bond acceptors (Lipinski definition) is 1. The minimum Gasteiger partial charge on any atom is -0.390 e. The van der Waals surface area contributed by atoms with Crippen LogP contribution in [0.2, 0.25) is 0 Å². The van der Waals surface area contributed by atoms with E-state index in [9.17, 15) is 5.11 Å². The lowest BCUT2D eigenvalue weighted by atomic mass is 9.75. The zero-order valence-corrected chi connectivity index (χ0v) is 9.47. The zero-order valence-electron chi connectivity index (χ0n) is 9.47. The van der Waals surface area contributed by atoms with Crippen molar-refractivity contribution in [2.45, 2.75) is 64.4 Å². The maximum Gasteiger partial charge on any atom is 0.0659 e. The summed E-state index contributed by atoms with van der Waals surface area (Å²) in [5.41, 5.74) is -0.400. The number of aliphatic hydroxyl groups is 1. The monoisotopic (exact) mass is 194 g/mol. The molecule has 0 spiro atoms. The molecule has 0 amide bonds. The lowest BCUT2D eigenvalue weighted by Gasteiger charge is -2.36. The van der Waals surface area contributed by atoms with E-state index in [0.29, 0.717) is 0 Å². The summed E-state index contributed by atoms with van der Waals surface area (Å²) in [6.45, 7) is 4.09. The molecule has 1 aliphatic carbocycles. The van der Waals surface area contributed by atoms with E-state index in [0.717, 1.165) is 31.6 Å². The molecule has 0 radical (unpaired) electrons. The smallest absolute Gasteiger partial charge is 0.0659 e. The molecule has 2 unspecified atom stereocenters. The highest BCUT2D eigenvalue weighted by molar-refractivity contribution is 4.98. The van der Waals surface area contributed by atoms with Gasteiger partial charge < -0.3 is 5.11 Å². The Kier molecular flexibility index (Phi) is 4.48. The highest BCUT2D eigenvalue weighted by atomic mass is 16.3. The van der Waals surface area contributed by atoms with Crippen LogP contribution in [0.1, 0.15) is 58.8 Å². The quantitative estimate of drug-likeness (QED) is 0.684. The summed E-state index contributed by atoms with van der Waals surface area (Å²) >= 11 is 0. The zero-order chi connectivity index (χ0) is 10.4. The third-order valence-electron chi connectivity index (χ3n) is 3.39. The maximum absolute atomic E-state index is 10.3. The molecule has 1 N–H and O–H groups in total. The van der Waals surface area contributed by atoms with Gasteiger partial charge in [0.05, 0.1) is 5.60 Å². The molecular weight excluding hydrogens is 172 g/mol. The number of rotatable bonds is 3. The van der Waals surface area contributed by atoms with Gasteiger partial charge in [0.1, 0.15) is 0 Å². The second-order valence-electron chi connectivity index (χ2n) is 4.52. The first-order chi connectivity index (χ1) is 6.70. The third-order valence-corrected chi connectivity index (χ3v) is 3.39. The summed E-state index contributed by atoms with van der Waals surface area (Å²) in [5.74, 6) is 6.67. The summed E-state index contributed by atoms with van der Waals surface area (Å²) in [5, 5.41) is 10.3. The Morgan fingerprint density at radius 1 is 1.50 bits per heavy atom. The molecule has 0 aromatic rings. The molecule has 14 heavy (non-hydrogen) atoms. The van der Waals surface area contributed by atoms with Gasteiger partial charge in [0.2, 0.25) is 0 Å². The van der Waals surface area contributed by atoms with Crippen molar-refractivity contribution in [1.29, 1.82) is 0 Å². The van der Waals surface area contributed by atoms with E-state index in [1.54, 1.807) is 0 Å². The fraction of sp³-hybridized carbons (Fsp3) is 0.846. The molecule has 0 aromatic carbocycles. The Morgan fingerprint density at radius 3 is 2.93 bits per heavy atom. The fourth-order valence-corrected chi connectivity index (χ4v) is 2.46. The van der Waals surface area contributed by atoms with Crippen LogP contribution in [0.25, 0.3) is 0 Å². The molecule has 1 fully saturated rings. The van der Waals surface area contributed by atoms with Crippen molar-refractivity contribution in [2.75, 3.05) is 0 Å². The van der Waals surface area contributed by atoms with Crippen molar-refractivity contribution >= 4 is 0 Å². The van der Waals surface area contributed by atoms with Gasteiger partial charge in [-0.2, -0.15) is 0 Å². The minimum absolute atomic E-state index is 0.400. The van der Waals surface area contributed by atoms with Gasteiger partial charge in [-0.15, -0.1) is 11.8 Å². The summed E-state index contributed by atoms with van der Waals surface area (Å²) in [4.78, 5) is 0. The molecule has 1 nitrogen and oxygen atoms in total. The minimum atomic E-state index is -0.400. The third kappa shape index (κ3) is 3.35. The molecule has 2 atom stereocenters. The maximum atomic E-state index is 10.3. The molecule has 1 rings (SSSR count). The van der Waals surface area contributed by atoms with Crippen LogP contribution < -0.4 is 0 Å². The standard InChI is InChI=1S/C13H22O/c1-3-5-6-9-13(14)10-7-8-12(4-2)11-13/h12,14H,4,6-11H2,1-2H3. The summed E-state index contributed by atoms with van der Waals surface area (Å²) in [6.07, 6.45) is 7.39. The van der Waals surface area contributed by atoms with Gasteiger partial charge in [-0.25, -0.2) is 0 Å². The van der Waals surface area contributed by atoms with Gasteiger partial charge in [-0.1, -0.05) is 26.2 Å². The van der Waals surface area contributed by atoms with Gasteiger partial charge in [0.15, 0.2) is 0 Å². The van der Waals surface area contributed by atoms with Crippen LogP contribution in [0.5, 0.6) is 0 Å². The summed E-state index contributed by atoms with van der Waals surface area (Å²) < 4.78 is 0. The summed E-state index contributed by atoms with van der Waals surface area (Å²) in [7, 11) is 0. The predicted molar refractivity (Wildman–Crippen MR) is 59.9 cm³/mol. The van der Waals surface area contributed by atoms with E-state index in [4.69, 9.17) is 0 Å². The first kappa shape index (κ1) is 11.6. The Hall–Kier alpha value is -0.480. The SMILES string of the molecule is CC#CCCC1(O)CCCC(CC)C1. The van der Waals surface area contributed by atoms with E-state index in [-0.39, 0.29) is 0 Å². The Bertz CT molecular complexity index is 223. The molecular formula is C13H22O. The van der Waals surface area contributed by atoms with Gasteiger partial charge in [0.25, 0.3) is 0 Å². The molecule has 1 aliphatic rings. The highest BCUT2D eigenvalue weighted by Crippen LogP contribution is 2.36. The van der Waals surface area contributed by atoms with Crippen molar-refractivity contribution in [2.24, 2.45) is 5.92 Å². The molecule has 0 saturated heterocycles.